The molecule has 10 nitrogen and oxygen atoms in total. The van der Waals surface area contributed by atoms with Crippen molar-refractivity contribution < 1.29 is 23.5 Å². The Morgan fingerprint density at radius 3 is 2.50 bits per heavy atom. The number of ether oxygens (including phenoxy) is 2. The molecule has 0 atom stereocenters. The molecule has 0 saturated carbocycles. The van der Waals surface area contributed by atoms with Crippen molar-refractivity contribution in [2.75, 3.05) is 18.9 Å². The van der Waals surface area contributed by atoms with Crippen LogP contribution in [0.15, 0.2) is 15.5 Å². The number of esters is 2. The molecule has 0 aliphatic carbocycles. The topological polar surface area (TPSA) is 154 Å². The van der Waals surface area contributed by atoms with E-state index in [0.717, 1.165) is 0 Å². The molecule has 0 fully saturated rings. The Kier molecular flexibility index (Phi) is 6.95. The van der Waals surface area contributed by atoms with Crippen LogP contribution in [0.2, 0.25) is 0 Å². The van der Waals surface area contributed by atoms with E-state index in [1.165, 1.54) is 17.8 Å². The molecule has 0 aliphatic rings. The molecule has 166 valence electrons. The number of carbonyl (C=O) groups excluding carboxylic acids is 2. The van der Waals surface area contributed by atoms with Crippen LogP contribution in [0.5, 0.6) is 0 Å². The number of pyridine rings is 1. The lowest BCUT2D eigenvalue weighted by Crippen LogP contribution is -2.09. The van der Waals surface area contributed by atoms with Gasteiger partial charge in [0.05, 0.1) is 41.2 Å². The number of aryl methyl sites for hydroxylation is 2. The molecule has 0 spiro atoms. The number of rotatable bonds is 7. The van der Waals surface area contributed by atoms with E-state index in [1.807, 2.05) is 6.07 Å². The predicted molar refractivity (Wildman–Crippen MR) is 116 cm³/mol. The van der Waals surface area contributed by atoms with Gasteiger partial charge in [-0.15, -0.1) is 0 Å². The molecule has 11 heteroatoms. The van der Waals surface area contributed by atoms with E-state index in [4.69, 9.17) is 19.6 Å². The van der Waals surface area contributed by atoms with Gasteiger partial charge in [0.1, 0.15) is 34.1 Å². The molecule has 0 unspecified atom stereocenters. The molecule has 0 bridgehead atoms. The van der Waals surface area contributed by atoms with Crippen LogP contribution in [0.1, 0.15) is 57.4 Å². The minimum Gasteiger partial charge on any atom is -0.462 e. The first kappa shape index (κ1) is 23.0. The van der Waals surface area contributed by atoms with Crippen LogP contribution in [-0.2, 0) is 15.2 Å². The van der Waals surface area contributed by atoms with E-state index in [9.17, 15) is 14.9 Å². The second-order valence-electron chi connectivity index (χ2n) is 6.55. The van der Waals surface area contributed by atoms with Gasteiger partial charge in [-0.1, -0.05) is 11.8 Å². The summed E-state index contributed by atoms with van der Waals surface area (Å²) < 4.78 is 15.7. The fourth-order valence-corrected chi connectivity index (χ4v) is 3.88. The maximum Gasteiger partial charge on any atom is 0.342 e. The largest absolute Gasteiger partial charge is 0.462 e. The SMILES string of the molecule is CCOC(=O)c1cc(C#N)c(SCc2nc(N)c3c(C(=O)OCC)c(C)oc3n2)nc1C. The van der Waals surface area contributed by atoms with Gasteiger partial charge in [-0.2, -0.15) is 10.2 Å². The Hall–Kier alpha value is -3.65. The lowest BCUT2D eigenvalue weighted by molar-refractivity contribution is 0.0515. The Labute approximate surface area is 188 Å². The molecule has 0 saturated heterocycles. The highest BCUT2D eigenvalue weighted by molar-refractivity contribution is 7.98. The van der Waals surface area contributed by atoms with Gasteiger partial charge < -0.3 is 19.6 Å². The Bertz CT molecular complexity index is 1250. The summed E-state index contributed by atoms with van der Waals surface area (Å²) in [7, 11) is 0. The number of aromatic nitrogens is 3. The molecule has 0 aliphatic heterocycles. The second kappa shape index (κ2) is 9.65. The van der Waals surface area contributed by atoms with Crippen LogP contribution in [0.3, 0.4) is 0 Å². The average molecular weight is 455 g/mol. The van der Waals surface area contributed by atoms with Crippen molar-refractivity contribution in [3.8, 4) is 6.07 Å². The lowest BCUT2D eigenvalue weighted by Gasteiger charge is -2.09. The number of thioether (sulfide) groups is 1. The normalized spacial score (nSPS) is 10.7. The summed E-state index contributed by atoms with van der Waals surface area (Å²) in [5.41, 5.74) is 7.39. The summed E-state index contributed by atoms with van der Waals surface area (Å²) in [6, 6.07) is 3.51. The van der Waals surface area contributed by atoms with Crippen molar-refractivity contribution >= 4 is 40.6 Å². The molecule has 2 N–H and O–H groups in total. The van der Waals surface area contributed by atoms with E-state index < -0.39 is 11.9 Å². The van der Waals surface area contributed by atoms with Crippen molar-refractivity contribution in [1.82, 2.24) is 15.0 Å². The number of nitrogens with two attached hydrogens (primary N) is 1. The number of fused-ring (bicyclic) bond motifs is 1. The molecular formula is C21H21N5O5S. The van der Waals surface area contributed by atoms with E-state index in [0.29, 0.717) is 27.7 Å². The predicted octanol–water partition coefficient (Wildman–Crippen LogP) is 3.33. The summed E-state index contributed by atoms with van der Waals surface area (Å²) in [5, 5.41) is 10.2. The number of nitrogen functional groups attached to an aromatic ring is 1. The summed E-state index contributed by atoms with van der Waals surface area (Å²) in [6.45, 7) is 7.13. The number of anilines is 1. The fourth-order valence-electron chi connectivity index (χ4n) is 3.02. The number of hydrogen-bond donors (Lipinski definition) is 1. The van der Waals surface area contributed by atoms with Gasteiger partial charge in [0, 0.05) is 0 Å². The van der Waals surface area contributed by atoms with Crippen LogP contribution < -0.4 is 5.73 Å². The minimum atomic E-state index is -0.554. The fraction of sp³-hybridized carbons (Fsp3) is 0.333. The number of nitrogens with zero attached hydrogens (tertiary/aromatic N) is 4. The van der Waals surface area contributed by atoms with Gasteiger partial charge in [-0.25, -0.2) is 19.6 Å². The van der Waals surface area contributed by atoms with Gasteiger partial charge in [0.2, 0.25) is 5.71 Å². The van der Waals surface area contributed by atoms with Crippen LogP contribution in [-0.4, -0.2) is 40.1 Å². The highest BCUT2D eigenvalue weighted by Crippen LogP contribution is 2.31. The molecule has 0 aromatic carbocycles. The van der Waals surface area contributed by atoms with Crippen LogP contribution in [0.25, 0.3) is 11.1 Å². The summed E-state index contributed by atoms with van der Waals surface area (Å²) in [4.78, 5) is 37.3. The zero-order chi connectivity index (χ0) is 23.4. The van der Waals surface area contributed by atoms with E-state index in [1.54, 1.807) is 27.7 Å². The quantitative estimate of drug-likeness (QED) is 0.412. The second-order valence-corrected chi connectivity index (χ2v) is 7.52. The molecule has 3 aromatic rings. The summed E-state index contributed by atoms with van der Waals surface area (Å²) in [5.74, 6) is -0.0920. The molecule has 0 amide bonds. The smallest absolute Gasteiger partial charge is 0.342 e. The number of carbonyl (C=O) groups is 2. The van der Waals surface area contributed by atoms with Crippen molar-refractivity contribution in [2.24, 2.45) is 0 Å². The van der Waals surface area contributed by atoms with Crippen LogP contribution >= 0.6 is 11.8 Å². The molecule has 3 rings (SSSR count). The van der Waals surface area contributed by atoms with Gasteiger partial charge >= 0.3 is 11.9 Å². The van der Waals surface area contributed by atoms with Crippen molar-refractivity contribution in [1.29, 1.82) is 5.26 Å². The first-order valence-corrected chi connectivity index (χ1v) is 10.7. The van der Waals surface area contributed by atoms with Crippen LogP contribution in [0.4, 0.5) is 5.82 Å². The number of hydrogen-bond acceptors (Lipinski definition) is 11. The molecule has 3 aromatic heterocycles. The van der Waals surface area contributed by atoms with Gasteiger partial charge in [0.15, 0.2) is 0 Å². The monoisotopic (exact) mass is 455 g/mol. The Balaban J connectivity index is 1.90. The van der Waals surface area contributed by atoms with Gasteiger partial charge in [-0.05, 0) is 33.8 Å². The highest BCUT2D eigenvalue weighted by atomic mass is 32.2. The average Bonchev–Trinajstić information content (AvgIpc) is 3.09. The van der Waals surface area contributed by atoms with Crippen molar-refractivity contribution in [3.05, 3.63) is 40.0 Å². The molecule has 3 heterocycles. The van der Waals surface area contributed by atoms with Crippen molar-refractivity contribution in [3.63, 3.8) is 0 Å². The molecule has 32 heavy (non-hydrogen) atoms. The first-order chi connectivity index (χ1) is 15.3. The third-order valence-electron chi connectivity index (χ3n) is 4.41. The zero-order valence-corrected chi connectivity index (χ0v) is 18.8. The molecule has 0 radical (unpaired) electrons. The Morgan fingerprint density at radius 1 is 1.16 bits per heavy atom. The van der Waals surface area contributed by atoms with Gasteiger partial charge in [-0.3, -0.25) is 0 Å². The zero-order valence-electron chi connectivity index (χ0n) is 18.0. The third kappa shape index (κ3) is 4.50. The molecular weight excluding hydrogens is 434 g/mol. The standard InChI is InChI=1S/C21H21N5O5S/c1-5-29-20(27)13-7-12(8-22)19(24-10(13)3)32-9-14-25-17(23)16-15(21(28)30-6-2)11(4)31-18(16)26-14/h7H,5-6,9H2,1-4H3,(H2,23,25,26). The maximum absolute atomic E-state index is 12.2. The maximum atomic E-state index is 12.2. The van der Waals surface area contributed by atoms with E-state index in [2.05, 4.69) is 15.0 Å². The minimum absolute atomic E-state index is 0.0906. The van der Waals surface area contributed by atoms with Gasteiger partial charge in [0.25, 0.3) is 0 Å². The highest BCUT2D eigenvalue weighted by Gasteiger charge is 2.24. The first-order valence-electron chi connectivity index (χ1n) is 9.74. The van der Waals surface area contributed by atoms with Crippen LogP contribution in [0, 0.1) is 25.2 Å². The number of nitriles is 1. The van der Waals surface area contributed by atoms with Crippen molar-refractivity contribution in [2.45, 2.75) is 38.5 Å². The van der Waals surface area contributed by atoms with E-state index in [-0.39, 0.29) is 47.2 Å². The summed E-state index contributed by atoms with van der Waals surface area (Å²) in [6.07, 6.45) is 0. The lowest BCUT2D eigenvalue weighted by atomic mass is 10.1. The number of furan rings is 1. The van der Waals surface area contributed by atoms with E-state index >= 15 is 0 Å². The third-order valence-corrected chi connectivity index (χ3v) is 5.40. The Morgan fingerprint density at radius 2 is 1.84 bits per heavy atom. The summed E-state index contributed by atoms with van der Waals surface area (Å²) >= 11 is 1.22.